The SMILES string of the molecule is CCCc1nc(N[C@H](C(=O)OC)c2ccccc2)c2cnn(C)c2n1. The van der Waals surface area contributed by atoms with E-state index >= 15 is 0 Å². The van der Waals surface area contributed by atoms with Crippen LogP contribution >= 0.6 is 0 Å². The molecular formula is C18H21N5O2. The topological polar surface area (TPSA) is 81.9 Å². The van der Waals surface area contributed by atoms with Crippen LogP contribution in [0.15, 0.2) is 36.5 Å². The van der Waals surface area contributed by atoms with E-state index in [4.69, 9.17) is 4.74 Å². The Balaban J connectivity index is 2.06. The van der Waals surface area contributed by atoms with Gasteiger partial charge in [0.2, 0.25) is 0 Å². The third kappa shape index (κ3) is 3.45. The largest absolute Gasteiger partial charge is 0.467 e. The Morgan fingerprint density at radius 1 is 1.28 bits per heavy atom. The van der Waals surface area contributed by atoms with Crippen LogP contribution < -0.4 is 5.32 Å². The number of hydrogen-bond donors (Lipinski definition) is 1. The molecule has 0 aliphatic heterocycles. The summed E-state index contributed by atoms with van der Waals surface area (Å²) in [4.78, 5) is 21.5. The average Bonchev–Trinajstić information content (AvgIpc) is 3.01. The number of methoxy groups -OCH3 is 1. The molecule has 1 N–H and O–H groups in total. The third-order valence-electron chi connectivity index (χ3n) is 3.96. The molecule has 25 heavy (non-hydrogen) atoms. The van der Waals surface area contributed by atoms with Crippen LogP contribution in [0.25, 0.3) is 11.0 Å². The lowest BCUT2D eigenvalue weighted by Gasteiger charge is -2.18. The molecule has 7 nitrogen and oxygen atoms in total. The van der Waals surface area contributed by atoms with E-state index in [1.165, 1.54) is 7.11 Å². The van der Waals surface area contributed by atoms with Crippen molar-refractivity contribution in [2.24, 2.45) is 7.05 Å². The molecule has 0 amide bonds. The van der Waals surface area contributed by atoms with Gasteiger partial charge in [-0.15, -0.1) is 0 Å². The highest BCUT2D eigenvalue weighted by Crippen LogP contribution is 2.25. The summed E-state index contributed by atoms with van der Waals surface area (Å²) in [5, 5.41) is 8.25. The molecule has 0 spiro atoms. The summed E-state index contributed by atoms with van der Waals surface area (Å²) in [6.45, 7) is 2.07. The first-order valence-electron chi connectivity index (χ1n) is 8.22. The predicted octanol–water partition coefficient (Wildman–Crippen LogP) is 2.64. The van der Waals surface area contributed by atoms with Crippen LogP contribution in [0.2, 0.25) is 0 Å². The van der Waals surface area contributed by atoms with Gasteiger partial charge in [-0.05, 0) is 12.0 Å². The zero-order chi connectivity index (χ0) is 17.8. The van der Waals surface area contributed by atoms with Crippen molar-refractivity contribution in [1.29, 1.82) is 0 Å². The average molecular weight is 339 g/mol. The lowest BCUT2D eigenvalue weighted by atomic mass is 10.1. The number of nitrogens with zero attached hydrogens (tertiary/aromatic N) is 4. The van der Waals surface area contributed by atoms with Gasteiger partial charge in [-0.1, -0.05) is 37.3 Å². The number of carbonyl (C=O) groups excluding carboxylic acids is 1. The Labute approximate surface area is 146 Å². The molecule has 0 aliphatic carbocycles. The standard InChI is InChI=1S/C18H21N5O2/c1-4-8-14-20-16(13-11-19-23(2)17(13)21-14)22-15(18(24)25-3)12-9-6-5-7-10-12/h5-7,9-11,15H,4,8H2,1-3H3,(H,20,21,22)/t15-/m0/s1. The van der Waals surface area contributed by atoms with Gasteiger partial charge in [-0.2, -0.15) is 5.10 Å². The molecule has 0 saturated carbocycles. The van der Waals surface area contributed by atoms with Gasteiger partial charge in [0, 0.05) is 13.5 Å². The summed E-state index contributed by atoms with van der Waals surface area (Å²) < 4.78 is 6.67. The van der Waals surface area contributed by atoms with Crippen molar-refractivity contribution in [3.8, 4) is 0 Å². The van der Waals surface area contributed by atoms with Crippen molar-refractivity contribution in [2.45, 2.75) is 25.8 Å². The van der Waals surface area contributed by atoms with Crippen LogP contribution in [0.5, 0.6) is 0 Å². The van der Waals surface area contributed by atoms with E-state index in [0.717, 1.165) is 35.3 Å². The van der Waals surface area contributed by atoms with E-state index in [9.17, 15) is 4.79 Å². The maximum absolute atomic E-state index is 12.3. The van der Waals surface area contributed by atoms with Crippen LogP contribution in [0.4, 0.5) is 5.82 Å². The second kappa shape index (κ2) is 7.29. The smallest absolute Gasteiger partial charge is 0.333 e. The van der Waals surface area contributed by atoms with Gasteiger partial charge in [0.1, 0.15) is 11.6 Å². The van der Waals surface area contributed by atoms with E-state index in [0.29, 0.717) is 5.82 Å². The minimum absolute atomic E-state index is 0.376. The Hall–Kier alpha value is -2.96. The summed E-state index contributed by atoms with van der Waals surface area (Å²) in [5.74, 6) is 0.928. The first-order valence-corrected chi connectivity index (χ1v) is 8.22. The van der Waals surface area contributed by atoms with E-state index < -0.39 is 6.04 Å². The second-order valence-electron chi connectivity index (χ2n) is 5.76. The van der Waals surface area contributed by atoms with Crippen molar-refractivity contribution in [3.05, 3.63) is 47.9 Å². The van der Waals surface area contributed by atoms with Gasteiger partial charge in [-0.3, -0.25) is 4.68 Å². The van der Waals surface area contributed by atoms with Crippen molar-refractivity contribution >= 4 is 22.8 Å². The molecule has 0 aliphatic rings. The Bertz CT molecular complexity index is 876. The van der Waals surface area contributed by atoms with Crippen LogP contribution in [0.1, 0.15) is 30.8 Å². The fraction of sp³-hybridized carbons (Fsp3) is 0.333. The lowest BCUT2D eigenvalue weighted by molar-refractivity contribution is -0.141. The summed E-state index contributed by atoms with van der Waals surface area (Å²) in [7, 11) is 3.21. The highest BCUT2D eigenvalue weighted by atomic mass is 16.5. The fourth-order valence-corrected chi connectivity index (χ4v) is 2.69. The van der Waals surface area contributed by atoms with Gasteiger partial charge >= 0.3 is 5.97 Å². The van der Waals surface area contributed by atoms with E-state index in [2.05, 4.69) is 27.3 Å². The number of aryl methyl sites for hydroxylation is 2. The van der Waals surface area contributed by atoms with E-state index in [-0.39, 0.29) is 5.97 Å². The summed E-state index contributed by atoms with van der Waals surface area (Å²) in [6.07, 6.45) is 3.39. The normalized spacial score (nSPS) is 12.1. The van der Waals surface area contributed by atoms with Crippen LogP contribution in [0.3, 0.4) is 0 Å². The van der Waals surface area contributed by atoms with Crippen molar-refractivity contribution in [2.75, 3.05) is 12.4 Å². The molecule has 3 aromatic rings. The number of esters is 1. The number of ether oxygens (including phenoxy) is 1. The van der Waals surface area contributed by atoms with Crippen molar-refractivity contribution in [1.82, 2.24) is 19.7 Å². The summed E-state index contributed by atoms with van der Waals surface area (Å²) in [6, 6.07) is 8.77. The Kier molecular flexibility index (Phi) is 4.92. The fourth-order valence-electron chi connectivity index (χ4n) is 2.69. The molecule has 0 unspecified atom stereocenters. The summed E-state index contributed by atoms with van der Waals surface area (Å²) >= 11 is 0. The zero-order valence-corrected chi connectivity index (χ0v) is 14.6. The first-order chi connectivity index (χ1) is 12.1. The number of aromatic nitrogens is 4. The molecule has 130 valence electrons. The van der Waals surface area contributed by atoms with Gasteiger partial charge in [0.15, 0.2) is 11.7 Å². The molecule has 2 heterocycles. The maximum Gasteiger partial charge on any atom is 0.333 e. The van der Waals surface area contributed by atoms with Crippen molar-refractivity contribution < 1.29 is 9.53 Å². The number of benzene rings is 1. The predicted molar refractivity (Wildman–Crippen MR) is 95.1 cm³/mol. The molecule has 1 atom stereocenters. The van der Waals surface area contributed by atoms with Crippen LogP contribution in [-0.2, 0) is 23.0 Å². The van der Waals surface area contributed by atoms with Gasteiger partial charge in [0.25, 0.3) is 0 Å². The van der Waals surface area contributed by atoms with Crippen LogP contribution in [-0.4, -0.2) is 32.8 Å². The quantitative estimate of drug-likeness (QED) is 0.695. The maximum atomic E-state index is 12.3. The monoisotopic (exact) mass is 339 g/mol. The number of rotatable bonds is 6. The van der Waals surface area contributed by atoms with E-state index in [1.54, 1.807) is 10.9 Å². The molecule has 2 aromatic heterocycles. The molecule has 0 fully saturated rings. The molecule has 1 aromatic carbocycles. The zero-order valence-electron chi connectivity index (χ0n) is 14.6. The highest BCUT2D eigenvalue weighted by molar-refractivity contribution is 5.89. The number of fused-ring (bicyclic) bond motifs is 1. The van der Waals surface area contributed by atoms with Crippen LogP contribution in [0, 0.1) is 0 Å². The Morgan fingerprint density at radius 3 is 2.72 bits per heavy atom. The third-order valence-corrected chi connectivity index (χ3v) is 3.96. The summed E-state index contributed by atoms with van der Waals surface area (Å²) in [5.41, 5.74) is 1.54. The van der Waals surface area contributed by atoms with Gasteiger partial charge in [0.05, 0.1) is 18.7 Å². The number of anilines is 1. The number of hydrogen-bond acceptors (Lipinski definition) is 6. The first kappa shape index (κ1) is 16.9. The minimum atomic E-state index is -0.654. The Morgan fingerprint density at radius 2 is 2.04 bits per heavy atom. The highest BCUT2D eigenvalue weighted by Gasteiger charge is 2.23. The molecule has 7 heteroatoms. The number of nitrogens with one attached hydrogen (secondary N) is 1. The molecule has 3 rings (SSSR count). The molecule has 0 radical (unpaired) electrons. The number of carbonyl (C=O) groups is 1. The molecule has 0 bridgehead atoms. The second-order valence-corrected chi connectivity index (χ2v) is 5.76. The van der Waals surface area contributed by atoms with Crippen molar-refractivity contribution in [3.63, 3.8) is 0 Å². The lowest BCUT2D eigenvalue weighted by Crippen LogP contribution is -2.23. The molecular weight excluding hydrogens is 318 g/mol. The van der Waals surface area contributed by atoms with Gasteiger partial charge in [-0.25, -0.2) is 14.8 Å². The molecule has 0 saturated heterocycles. The minimum Gasteiger partial charge on any atom is -0.467 e. The van der Waals surface area contributed by atoms with Gasteiger partial charge < -0.3 is 10.1 Å². The van der Waals surface area contributed by atoms with E-state index in [1.807, 2.05) is 37.4 Å².